The summed E-state index contributed by atoms with van der Waals surface area (Å²) in [4.78, 5) is 46.9. The fourth-order valence-electron chi connectivity index (χ4n) is 6.18. The number of anilines is 1. The highest BCUT2D eigenvalue weighted by Gasteiger charge is 2.71. The Labute approximate surface area is 214 Å². The summed E-state index contributed by atoms with van der Waals surface area (Å²) in [5.41, 5.74) is 1.49. The van der Waals surface area contributed by atoms with Crippen molar-refractivity contribution in [2.45, 2.75) is 42.3 Å². The van der Waals surface area contributed by atoms with Crippen LogP contribution in [0, 0.1) is 18.8 Å². The second-order valence-corrected chi connectivity index (χ2v) is 11.6. The number of hydrogen-bond acceptors (Lipinski definition) is 5. The van der Waals surface area contributed by atoms with Crippen LogP contribution >= 0.6 is 23.4 Å². The first-order valence-electron chi connectivity index (χ1n) is 12.0. The van der Waals surface area contributed by atoms with Crippen molar-refractivity contribution in [1.29, 1.82) is 0 Å². The first-order valence-corrected chi connectivity index (χ1v) is 13.3. The van der Waals surface area contributed by atoms with Gasteiger partial charge in [0, 0.05) is 25.4 Å². The van der Waals surface area contributed by atoms with E-state index in [2.05, 4.69) is 0 Å². The quantitative estimate of drug-likeness (QED) is 0.623. The van der Waals surface area contributed by atoms with Gasteiger partial charge in [0.15, 0.2) is 0 Å². The molecule has 0 saturated carbocycles. The monoisotopic (exact) mass is 515 g/mol. The van der Waals surface area contributed by atoms with Crippen LogP contribution in [0.1, 0.15) is 18.9 Å². The van der Waals surface area contributed by atoms with E-state index in [0.717, 1.165) is 5.56 Å². The SMILES string of the molecule is CC[C@@H](CO)N1C(=O)[C@@H]2[C@@H]3C(=O)N(C)CC=C[C@@H]3S[C@@]23C=CCN(c2c(C)cccc2Cl)C(=O)C13. The zero-order valence-electron chi connectivity index (χ0n) is 20.1. The van der Waals surface area contributed by atoms with E-state index in [1.165, 1.54) is 11.8 Å². The minimum absolute atomic E-state index is 0.0794. The molecule has 1 spiro atoms. The normalized spacial score (nSPS) is 32.9. The van der Waals surface area contributed by atoms with Crippen molar-refractivity contribution in [3.05, 3.63) is 53.1 Å². The van der Waals surface area contributed by atoms with Crippen LogP contribution in [0.25, 0.3) is 0 Å². The van der Waals surface area contributed by atoms with Gasteiger partial charge in [-0.2, -0.15) is 0 Å². The van der Waals surface area contributed by atoms with Crippen LogP contribution in [0.2, 0.25) is 5.02 Å². The van der Waals surface area contributed by atoms with Crippen molar-refractivity contribution in [1.82, 2.24) is 9.80 Å². The molecule has 35 heavy (non-hydrogen) atoms. The van der Waals surface area contributed by atoms with Crippen LogP contribution in [0.5, 0.6) is 0 Å². The fraction of sp³-hybridized carbons (Fsp3) is 0.500. The largest absolute Gasteiger partial charge is 0.394 e. The number of halogens is 1. The van der Waals surface area contributed by atoms with Crippen LogP contribution in [-0.2, 0) is 14.4 Å². The number of rotatable bonds is 4. The molecule has 1 unspecified atom stereocenters. The average Bonchev–Trinajstić information content (AvgIpc) is 3.16. The standard InChI is InChI=1S/C26H30ClN3O4S/c1-4-16(14-31)30-22-25(34)29(21-15(2)8-5-9-17(21)27)13-7-11-26(22)20(24(30)33)19-18(35-26)10-6-12-28(3)23(19)32/h5-11,16,18-20,22,31H,4,12-14H2,1-3H3/t16-,18-,19+,20-,22?,26-/m0/s1. The molecule has 7 nitrogen and oxygen atoms in total. The maximum Gasteiger partial charge on any atom is 0.251 e. The second kappa shape index (κ2) is 8.98. The number of aliphatic hydroxyl groups excluding tert-OH is 1. The Morgan fingerprint density at radius 1 is 1.17 bits per heavy atom. The Bertz CT molecular complexity index is 1120. The smallest absolute Gasteiger partial charge is 0.251 e. The maximum absolute atomic E-state index is 14.4. The summed E-state index contributed by atoms with van der Waals surface area (Å²) in [5, 5.41) is 10.5. The van der Waals surface area contributed by atoms with E-state index in [1.54, 1.807) is 27.8 Å². The molecular formula is C26H30ClN3O4S. The summed E-state index contributed by atoms with van der Waals surface area (Å²) in [6, 6.07) is 4.13. The minimum Gasteiger partial charge on any atom is -0.394 e. The highest BCUT2D eigenvalue weighted by Crippen LogP contribution is 2.61. The lowest BCUT2D eigenvalue weighted by Crippen LogP contribution is -2.56. The number of carbonyl (C=O) groups is 3. The number of likely N-dealkylation sites (N-methyl/N-ethyl adjacent to an activating group) is 1. The van der Waals surface area contributed by atoms with Crippen LogP contribution in [0.3, 0.4) is 0 Å². The summed E-state index contributed by atoms with van der Waals surface area (Å²) < 4.78 is -0.909. The lowest BCUT2D eigenvalue weighted by atomic mass is 9.78. The number of para-hydroxylation sites is 1. The summed E-state index contributed by atoms with van der Waals surface area (Å²) in [6.45, 7) is 4.35. The van der Waals surface area contributed by atoms with E-state index in [4.69, 9.17) is 11.6 Å². The third-order valence-corrected chi connectivity index (χ3v) is 9.88. The molecule has 4 heterocycles. The topological polar surface area (TPSA) is 81.2 Å². The van der Waals surface area contributed by atoms with E-state index >= 15 is 0 Å². The summed E-state index contributed by atoms with van der Waals surface area (Å²) in [7, 11) is 1.75. The molecular weight excluding hydrogens is 486 g/mol. The van der Waals surface area contributed by atoms with Gasteiger partial charge in [-0.15, -0.1) is 11.8 Å². The molecule has 1 aromatic carbocycles. The number of hydrogen-bond donors (Lipinski definition) is 1. The van der Waals surface area contributed by atoms with E-state index < -0.39 is 28.7 Å². The number of benzene rings is 1. The van der Waals surface area contributed by atoms with Crippen molar-refractivity contribution >= 4 is 46.8 Å². The molecule has 2 fully saturated rings. The highest BCUT2D eigenvalue weighted by atomic mass is 35.5. The van der Waals surface area contributed by atoms with Gasteiger partial charge in [-0.3, -0.25) is 14.4 Å². The lowest BCUT2D eigenvalue weighted by Gasteiger charge is -2.38. The van der Waals surface area contributed by atoms with Crippen molar-refractivity contribution in [3.63, 3.8) is 0 Å². The molecule has 6 atom stereocenters. The number of aryl methyl sites for hydroxylation is 1. The Morgan fingerprint density at radius 3 is 2.63 bits per heavy atom. The van der Waals surface area contributed by atoms with Crippen LogP contribution in [-0.4, -0.2) is 81.5 Å². The Balaban J connectivity index is 1.68. The zero-order chi connectivity index (χ0) is 25.1. The number of thioether (sulfide) groups is 1. The number of aliphatic hydroxyl groups is 1. The molecule has 4 aliphatic heterocycles. The van der Waals surface area contributed by atoms with E-state index in [9.17, 15) is 19.5 Å². The van der Waals surface area contributed by atoms with Gasteiger partial charge in [0.25, 0.3) is 5.91 Å². The van der Waals surface area contributed by atoms with E-state index in [1.807, 2.05) is 50.3 Å². The van der Waals surface area contributed by atoms with Crippen molar-refractivity contribution in [2.24, 2.45) is 11.8 Å². The molecule has 9 heteroatoms. The number of amides is 3. The maximum atomic E-state index is 14.4. The van der Waals surface area contributed by atoms with Crippen LogP contribution < -0.4 is 4.90 Å². The van der Waals surface area contributed by atoms with Crippen molar-refractivity contribution in [3.8, 4) is 0 Å². The van der Waals surface area contributed by atoms with Gasteiger partial charge in [-0.1, -0.05) is 55.0 Å². The Morgan fingerprint density at radius 2 is 1.94 bits per heavy atom. The molecule has 186 valence electrons. The summed E-state index contributed by atoms with van der Waals surface area (Å²) in [5.74, 6) is -1.80. The third kappa shape index (κ3) is 3.48. The molecule has 0 aliphatic carbocycles. The molecule has 1 N–H and O–H groups in total. The fourth-order valence-corrected chi connectivity index (χ4v) is 8.49. The zero-order valence-corrected chi connectivity index (χ0v) is 21.6. The van der Waals surface area contributed by atoms with Crippen molar-refractivity contribution in [2.75, 3.05) is 31.6 Å². The average molecular weight is 516 g/mol. The Kier molecular flexibility index (Phi) is 6.26. The van der Waals surface area contributed by atoms with E-state index in [-0.39, 0.29) is 29.6 Å². The molecule has 4 aliphatic rings. The first kappa shape index (κ1) is 24.4. The van der Waals surface area contributed by atoms with Gasteiger partial charge in [0.05, 0.1) is 39.9 Å². The first-order chi connectivity index (χ1) is 16.8. The molecule has 0 aromatic heterocycles. The predicted molar refractivity (Wildman–Crippen MR) is 137 cm³/mol. The third-order valence-electron chi connectivity index (χ3n) is 7.83. The number of fused-ring (bicyclic) bond motifs is 2. The van der Waals surface area contributed by atoms with Gasteiger partial charge in [-0.05, 0) is 25.0 Å². The number of likely N-dealkylation sites (tertiary alicyclic amines) is 1. The predicted octanol–water partition coefficient (Wildman–Crippen LogP) is 2.65. The highest BCUT2D eigenvalue weighted by molar-refractivity contribution is 8.02. The van der Waals surface area contributed by atoms with Gasteiger partial charge >= 0.3 is 0 Å². The molecule has 3 amide bonds. The minimum atomic E-state index is -0.909. The van der Waals surface area contributed by atoms with Crippen LogP contribution in [0.15, 0.2) is 42.5 Å². The van der Waals surface area contributed by atoms with Crippen molar-refractivity contribution < 1.29 is 19.5 Å². The summed E-state index contributed by atoms with van der Waals surface area (Å²) >= 11 is 8.10. The molecule has 0 bridgehead atoms. The molecule has 5 rings (SSSR count). The number of nitrogens with zero attached hydrogens (tertiary/aromatic N) is 3. The van der Waals surface area contributed by atoms with Gasteiger partial charge in [0.2, 0.25) is 11.8 Å². The molecule has 2 saturated heterocycles. The van der Waals surface area contributed by atoms with Gasteiger partial charge in [0.1, 0.15) is 6.04 Å². The molecule has 0 radical (unpaired) electrons. The van der Waals surface area contributed by atoms with E-state index in [0.29, 0.717) is 30.2 Å². The van der Waals surface area contributed by atoms with Gasteiger partial charge in [-0.25, -0.2) is 0 Å². The van der Waals surface area contributed by atoms with Gasteiger partial charge < -0.3 is 19.8 Å². The molecule has 1 aromatic rings. The number of carbonyl (C=O) groups excluding carboxylic acids is 3. The Hall–Kier alpha value is -2.29. The summed E-state index contributed by atoms with van der Waals surface area (Å²) in [6.07, 6.45) is 8.39. The van der Waals surface area contributed by atoms with Crippen LogP contribution in [0.4, 0.5) is 5.69 Å². The second-order valence-electron chi connectivity index (χ2n) is 9.74. The lowest BCUT2D eigenvalue weighted by molar-refractivity contribution is -0.144.